The zero-order chi connectivity index (χ0) is 13.2. The van der Waals surface area contributed by atoms with Crippen molar-refractivity contribution in [3.8, 4) is 11.5 Å². The largest absolute Gasteiger partial charge is 0.508 e. The number of hydrogen-bond acceptors (Lipinski definition) is 4. The van der Waals surface area contributed by atoms with Crippen LogP contribution in [0.15, 0.2) is 18.2 Å². The van der Waals surface area contributed by atoms with E-state index in [2.05, 4.69) is 11.9 Å². The standard InChI is InChI=1S/C15H19NO3/c1-16-5-4-15-8-9(16)6-12(18)14(15)19-13-3-2-10(17)7-11(13)15/h2-3,7,9,12,14,17-18H,4-6,8H2,1H3/t9-,12-,14-,15-/m0/s1. The molecule has 1 spiro atoms. The van der Waals surface area contributed by atoms with Crippen LogP contribution in [0.5, 0.6) is 11.5 Å². The maximum Gasteiger partial charge on any atom is 0.134 e. The third kappa shape index (κ3) is 1.41. The summed E-state index contributed by atoms with van der Waals surface area (Å²) in [7, 11) is 2.13. The molecule has 4 heteroatoms. The first-order chi connectivity index (χ1) is 9.10. The van der Waals surface area contributed by atoms with Crippen LogP contribution < -0.4 is 4.74 Å². The molecule has 0 aromatic heterocycles. The Balaban J connectivity index is 1.85. The molecule has 0 radical (unpaired) electrons. The number of ether oxygens (including phenoxy) is 1. The number of hydrogen-bond donors (Lipinski definition) is 2. The van der Waals surface area contributed by atoms with Crippen LogP contribution in [0, 0.1) is 0 Å². The molecule has 1 saturated carbocycles. The lowest BCUT2D eigenvalue weighted by atomic mass is 9.62. The highest BCUT2D eigenvalue weighted by Gasteiger charge is 2.58. The predicted molar refractivity (Wildman–Crippen MR) is 70.5 cm³/mol. The quantitative estimate of drug-likeness (QED) is 0.738. The monoisotopic (exact) mass is 261 g/mol. The van der Waals surface area contributed by atoms with E-state index in [1.165, 1.54) is 0 Å². The molecule has 2 heterocycles. The van der Waals surface area contributed by atoms with Gasteiger partial charge in [-0.05, 0) is 51.1 Å². The molecular formula is C15H19NO3. The Morgan fingerprint density at radius 2 is 2.26 bits per heavy atom. The van der Waals surface area contributed by atoms with Gasteiger partial charge in [-0.1, -0.05) is 0 Å². The molecule has 1 aromatic rings. The summed E-state index contributed by atoms with van der Waals surface area (Å²) < 4.78 is 6.01. The summed E-state index contributed by atoms with van der Waals surface area (Å²) in [4.78, 5) is 2.34. The third-order valence-corrected chi connectivity index (χ3v) is 5.29. The smallest absolute Gasteiger partial charge is 0.134 e. The Morgan fingerprint density at radius 3 is 3.11 bits per heavy atom. The van der Waals surface area contributed by atoms with Crippen molar-refractivity contribution in [2.45, 2.75) is 42.9 Å². The maximum absolute atomic E-state index is 10.4. The van der Waals surface area contributed by atoms with Crippen molar-refractivity contribution < 1.29 is 14.9 Å². The average molecular weight is 261 g/mol. The van der Waals surface area contributed by atoms with Gasteiger partial charge in [-0.3, -0.25) is 0 Å². The van der Waals surface area contributed by atoms with Crippen LogP contribution in [-0.2, 0) is 5.41 Å². The summed E-state index contributed by atoms with van der Waals surface area (Å²) in [6.45, 7) is 1.02. The molecule has 4 atom stereocenters. The second-order valence-corrected chi connectivity index (χ2v) is 6.27. The Bertz CT molecular complexity index is 532. The molecule has 4 rings (SSSR count). The number of piperidine rings is 1. The van der Waals surface area contributed by atoms with E-state index in [0.717, 1.165) is 37.1 Å². The van der Waals surface area contributed by atoms with E-state index in [1.54, 1.807) is 6.07 Å². The fourth-order valence-electron chi connectivity index (χ4n) is 4.26. The van der Waals surface area contributed by atoms with Gasteiger partial charge in [0.2, 0.25) is 0 Å². The van der Waals surface area contributed by atoms with Gasteiger partial charge in [0.15, 0.2) is 0 Å². The molecule has 0 unspecified atom stereocenters. The summed E-state index contributed by atoms with van der Waals surface area (Å²) in [5.41, 5.74) is 0.984. The number of rotatable bonds is 0. The Hall–Kier alpha value is -1.26. The molecule has 3 aliphatic rings. The van der Waals surface area contributed by atoms with E-state index in [4.69, 9.17) is 4.74 Å². The van der Waals surface area contributed by atoms with E-state index in [9.17, 15) is 10.2 Å². The Kier molecular flexibility index (Phi) is 2.22. The van der Waals surface area contributed by atoms with Crippen LogP contribution in [0.1, 0.15) is 24.8 Å². The highest BCUT2D eigenvalue weighted by atomic mass is 16.5. The van der Waals surface area contributed by atoms with Gasteiger partial charge in [-0.2, -0.15) is 0 Å². The molecule has 1 aromatic carbocycles. The Labute approximate surface area is 112 Å². The van der Waals surface area contributed by atoms with E-state index in [1.807, 2.05) is 12.1 Å². The van der Waals surface area contributed by atoms with Gasteiger partial charge in [-0.25, -0.2) is 0 Å². The molecule has 19 heavy (non-hydrogen) atoms. The minimum Gasteiger partial charge on any atom is -0.508 e. The van der Waals surface area contributed by atoms with Crippen LogP contribution in [0.3, 0.4) is 0 Å². The number of aliphatic hydroxyl groups is 1. The van der Waals surface area contributed by atoms with E-state index in [-0.39, 0.29) is 17.3 Å². The summed E-state index contributed by atoms with van der Waals surface area (Å²) in [6.07, 6.45) is 2.22. The molecule has 2 N–H and O–H groups in total. The van der Waals surface area contributed by atoms with Crippen molar-refractivity contribution in [3.63, 3.8) is 0 Å². The first kappa shape index (κ1) is 11.6. The average Bonchev–Trinajstić information content (AvgIpc) is 2.70. The third-order valence-electron chi connectivity index (χ3n) is 5.29. The number of aromatic hydroxyl groups is 1. The minimum atomic E-state index is -0.420. The fourth-order valence-corrected chi connectivity index (χ4v) is 4.26. The summed E-state index contributed by atoms with van der Waals surface area (Å²) >= 11 is 0. The highest BCUT2D eigenvalue weighted by molar-refractivity contribution is 5.50. The molecule has 2 aliphatic heterocycles. The van der Waals surface area contributed by atoms with Crippen molar-refractivity contribution >= 4 is 0 Å². The van der Waals surface area contributed by atoms with Gasteiger partial charge in [0.1, 0.15) is 17.6 Å². The summed E-state index contributed by atoms with van der Waals surface area (Å²) in [5.74, 6) is 1.12. The van der Waals surface area contributed by atoms with Gasteiger partial charge in [-0.15, -0.1) is 0 Å². The fraction of sp³-hybridized carbons (Fsp3) is 0.600. The zero-order valence-electron chi connectivity index (χ0n) is 11.0. The number of fused-ring (bicyclic) bond motifs is 2. The van der Waals surface area contributed by atoms with Crippen molar-refractivity contribution in [1.29, 1.82) is 0 Å². The van der Waals surface area contributed by atoms with Crippen LogP contribution in [0.2, 0.25) is 0 Å². The number of nitrogens with zero attached hydrogens (tertiary/aromatic N) is 1. The topological polar surface area (TPSA) is 52.9 Å². The van der Waals surface area contributed by atoms with E-state index >= 15 is 0 Å². The Morgan fingerprint density at radius 1 is 1.42 bits per heavy atom. The second-order valence-electron chi connectivity index (χ2n) is 6.27. The number of aliphatic hydroxyl groups excluding tert-OH is 1. The highest BCUT2D eigenvalue weighted by Crippen LogP contribution is 2.55. The molecule has 1 saturated heterocycles. The maximum atomic E-state index is 10.4. The first-order valence-electron chi connectivity index (χ1n) is 6.99. The van der Waals surface area contributed by atoms with E-state index < -0.39 is 6.10 Å². The van der Waals surface area contributed by atoms with Gasteiger partial charge in [0.25, 0.3) is 0 Å². The zero-order valence-corrected chi connectivity index (χ0v) is 11.0. The van der Waals surface area contributed by atoms with Gasteiger partial charge < -0.3 is 19.8 Å². The normalized spacial score (nSPS) is 40.4. The van der Waals surface area contributed by atoms with Crippen LogP contribution in [0.25, 0.3) is 0 Å². The van der Waals surface area contributed by atoms with Gasteiger partial charge >= 0.3 is 0 Å². The minimum absolute atomic E-state index is 0.108. The van der Waals surface area contributed by atoms with Gasteiger partial charge in [0, 0.05) is 17.0 Å². The molecule has 0 amide bonds. The molecule has 102 valence electrons. The summed E-state index contributed by atoms with van der Waals surface area (Å²) in [5, 5.41) is 20.2. The number of benzene rings is 1. The molecule has 2 fully saturated rings. The van der Waals surface area contributed by atoms with Crippen molar-refractivity contribution in [3.05, 3.63) is 23.8 Å². The molecule has 2 bridgehead atoms. The van der Waals surface area contributed by atoms with Crippen molar-refractivity contribution in [2.75, 3.05) is 13.6 Å². The van der Waals surface area contributed by atoms with Crippen molar-refractivity contribution in [2.24, 2.45) is 0 Å². The van der Waals surface area contributed by atoms with Crippen molar-refractivity contribution in [1.82, 2.24) is 4.90 Å². The lowest BCUT2D eigenvalue weighted by molar-refractivity contribution is -0.0784. The number of phenolic OH excluding ortho intramolecular Hbond substituents is 1. The van der Waals surface area contributed by atoms with Crippen LogP contribution in [0.4, 0.5) is 0 Å². The molecular weight excluding hydrogens is 242 g/mol. The first-order valence-corrected chi connectivity index (χ1v) is 6.99. The van der Waals surface area contributed by atoms with Crippen LogP contribution in [-0.4, -0.2) is 47.0 Å². The predicted octanol–water partition coefficient (Wildman–Crippen LogP) is 1.25. The number of likely N-dealkylation sites (tertiary alicyclic amines) is 1. The lowest BCUT2D eigenvalue weighted by Crippen LogP contribution is -2.61. The van der Waals surface area contributed by atoms with Crippen LogP contribution >= 0.6 is 0 Å². The number of phenols is 1. The van der Waals surface area contributed by atoms with E-state index in [0.29, 0.717) is 6.04 Å². The lowest BCUT2D eigenvalue weighted by Gasteiger charge is -2.51. The molecule has 1 aliphatic carbocycles. The van der Waals surface area contributed by atoms with Gasteiger partial charge in [0.05, 0.1) is 6.10 Å². The second kappa shape index (κ2) is 3.64. The summed E-state index contributed by atoms with van der Waals surface area (Å²) in [6, 6.07) is 5.73. The molecule has 4 nitrogen and oxygen atoms in total. The SMILES string of the molecule is CN1CC[C@@]23C[C@@H]1C[C@H](O)[C@@H]2Oc1ccc(O)cc13.